The van der Waals surface area contributed by atoms with E-state index in [1.165, 1.54) is 25.5 Å². The monoisotopic (exact) mass is 491 g/mol. The Hall–Kier alpha value is -3.63. The molecule has 3 aromatic heterocycles. The molecule has 0 amide bonds. The average molecular weight is 492 g/mol. The van der Waals surface area contributed by atoms with Crippen LogP contribution in [0.25, 0.3) is 11.4 Å². The summed E-state index contributed by atoms with van der Waals surface area (Å²) < 4.78 is 30.5. The zero-order valence-electron chi connectivity index (χ0n) is 17.1. The topological polar surface area (TPSA) is 115 Å². The lowest BCUT2D eigenvalue weighted by Gasteiger charge is -2.13. The Kier molecular flexibility index (Phi) is 6.76. The van der Waals surface area contributed by atoms with Crippen molar-refractivity contribution in [1.29, 1.82) is 0 Å². The third-order valence-electron chi connectivity index (χ3n) is 4.46. The molecule has 9 nitrogen and oxygen atoms in total. The van der Waals surface area contributed by atoms with Crippen molar-refractivity contribution in [3.05, 3.63) is 75.8 Å². The molecule has 0 aliphatic carbocycles. The van der Waals surface area contributed by atoms with Gasteiger partial charge in [-0.1, -0.05) is 23.2 Å². The molecule has 0 spiro atoms. The molecule has 0 saturated carbocycles. The summed E-state index contributed by atoms with van der Waals surface area (Å²) in [6.45, 7) is 0.0909. The number of carbonyl (C=O) groups is 1. The molecule has 0 unspecified atom stereocenters. The highest BCUT2D eigenvalue weighted by Crippen LogP contribution is 2.35. The van der Waals surface area contributed by atoms with E-state index in [9.17, 15) is 4.79 Å². The predicted molar refractivity (Wildman–Crippen MR) is 118 cm³/mol. The van der Waals surface area contributed by atoms with Gasteiger partial charge in [0.05, 0.1) is 36.2 Å². The van der Waals surface area contributed by atoms with E-state index in [-0.39, 0.29) is 51.8 Å². The number of halogens is 3. The van der Waals surface area contributed by atoms with Crippen molar-refractivity contribution in [1.82, 2.24) is 20.2 Å². The van der Waals surface area contributed by atoms with Crippen LogP contribution in [0, 0.1) is 5.82 Å². The van der Waals surface area contributed by atoms with Crippen LogP contribution in [0.2, 0.25) is 10.0 Å². The molecule has 3 heterocycles. The van der Waals surface area contributed by atoms with Gasteiger partial charge in [0.25, 0.3) is 0 Å². The van der Waals surface area contributed by atoms with Crippen molar-refractivity contribution in [3.63, 3.8) is 0 Å². The van der Waals surface area contributed by atoms with E-state index >= 15 is 4.39 Å². The van der Waals surface area contributed by atoms with E-state index in [1.54, 1.807) is 24.4 Å². The van der Waals surface area contributed by atoms with Crippen molar-refractivity contribution in [2.24, 2.45) is 0 Å². The maximum Gasteiger partial charge on any atom is 0.359 e. The number of carbonyl (C=O) groups excluding carboxylic acids is 1. The standard InChI is InChI=1S/C21H16Cl2FN5O4/c1-31-18-14(22)5-4-13(16(18)24)19-27-17(21(30)33-10-12-3-2-8-32-12)15(23)20(28-19)25-9-11-6-7-26-29-11/h2-8H,9-10H2,1H3,(H,26,29)(H,25,27,28). The van der Waals surface area contributed by atoms with Crippen molar-refractivity contribution >= 4 is 35.0 Å². The van der Waals surface area contributed by atoms with Crippen LogP contribution in [-0.2, 0) is 17.9 Å². The number of hydrogen-bond acceptors (Lipinski definition) is 8. The summed E-state index contributed by atoms with van der Waals surface area (Å²) >= 11 is 12.4. The van der Waals surface area contributed by atoms with Crippen molar-refractivity contribution in [3.8, 4) is 17.1 Å². The van der Waals surface area contributed by atoms with E-state index in [2.05, 4.69) is 25.5 Å². The van der Waals surface area contributed by atoms with Crippen molar-refractivity contribution in [2.75, 3.05) is 12.4 Å². The highest BCUT2D eigenvalue weighted by molar-refractivity contribution is 6.35. The number of furan rings is 1. The zero-order chi connectivity index (χ0) is 23.4. The highest BCUT2D eigenvalue weighted by atomic mass is 35.5. The van der Waals surface area contributed by atoms with Crippen LogP contribution >= 0.6 is 23.2 Å². The lowest BCUT2D eigenvalue weighted by atomic mass is 10.1. The number of methoxy groups -OCH3 is 1. The molecule has 0 fully saturated rings. The van der Waals surface area contributed by atoms with Crippen LogP contribution in [0.1, 0.15) is 21.9 Å². The number of nitrogens with zero attached hydrogens (tertiary/aromatic N) is 3. The normalized spacial score (nSPS) is 10.8. The third-order valence-corrected chi connectivity index (χ3v) is 5.12. The van der Waals surface area contributed by atoms with Gasteiger partial charge >= 0.3 is 5.97 Å². The lowest BCUT2D eigenvalue weighted by Crippen LogP contribution is -2.13. The number of esters is 1. The fourth-order valence-corrected chi connectivity index (χ4v) is 3.33. The summed E-state index contributed by atoms with van der Waals surface area (Å²) in [6, 6.07) is 7.85. The van der Waals surface area contributed by atoms with Crippen LogP contribution in [0.5, 0.6) is 5.75 Å². The Morgan fingerprint density at radius 2 is 2.09 bits per heavy atom. The van der Waals surface area contributed by atoms with Crippen LogP contribution in [0.15, 0.2) is 47.2 Å². The van der Waals surface area contributed by atoms with Crippen LogP contribution in [0.4, 0.5) is 10.2 Å². The first-order chi connectivity index (χ1) is 16.0. The summed E-state index contributed by atoms with van der Waals surface area (Å²) in [5, 5.41) is 9.68. The molecule has 170 valence electrons. The number of benzene rings is 1. The number of ether oxygens (including phenoxy) is 2. The second-order valence-corrected chi connectivity index (χ2v) is 7.36. The quantitative estimate of drug-likeness (QED) is 0.335. The lowest BCUT2D eigenvalue weighted by molar-refractivity contribution is 0.0439. The zero-order valence-corrected chi connectivity index (χ0v) is 18.6. The summed E-state index contributed by atoms with van der Waals surface area (Å²) in [5.74, 6) is -1.42. The molecule has 12 heteroatoms. The number of hydrogen-bond donors (Lipinski definition) is 2. The van der Waals surface area contributed by atoms with Gasteiger partial charge in [0.1, 0.15) is 23.2 Å². The Bertz CT molecular complexity index is 1270. The molecule has 0 aliphatic rings. The molecule has 2 N–H and O–H groups in total. The predicted octanol–water partition coefficient (Wildman–Crippen LogP) is 4.88. The maximum atomic E-state index is 15.0. The molecule has 0 aliphatic heterocycles. The Balaban J connectivity index is 1.73. The van der Waals surface area contributed by atoms with E-state index in [0.29, 0.717) is 11.5 Å². The first-order valence-electron chi connectivity index (χ1n) is 9.50. The van der Waals surface area contributed by atoms with Gasteiger partial charge in [-0.05, 0) is 30.3 Å². The molecule has 0 saturated heterocycles. The number of aromatic nitrogens is 4. The molecular formula is C21H16Cl2FN5O4. The van der Waals surface area contributed by atoms with E-state index in [1.807, 2.05) is 0 Å². The minimum Gasteiger partial charge on any atom is -0.492 e. The molecule has 0 radical (unpaired) electrons. The van der Waals surface area contributed by atoms with E-state index in [4.69, 9.17) is 37.1 Å². The summed E-state index contributed by atoms with van der Waals surface area (Å²) in [6.07, 6.45) is 3.10. The smallest absolute Gasteiger partial charge is 0.359 e. The summed E-state index contributed by atoms with van der Waals surface area (Å²) in [4.78, 5) is 21.2. The SMILES string of the molecule is COc1c(Cl)ccc(-c2nc(NCc3cc[nH]n3)c(Cl)c(C(=O)OCc3ccco3)n2)c1F. The Morgan fingerprint density at radius 3 is 2.79 bits per heavy atom. The second-order valence-electron chi connectivity index (χ2n) is 6.58. The van der Waals surface area contributed by atoms with Crippen molar-refractivity contribution < 1.29 is 23.1 Å². The van der Waals surface area contributed by atoms with Gasteiger partial charge in [-0.2, -0.15) is 5.10 Å². The third kappa shape index (κ3) is 4.91. The van der Waals surface area contributed by atoms with Gasteiger partial charge in [0.15, 0.2) is 23.1 Å². The number of anilines is 1. The van der Waals surface area contributed by atoms with Crippen LogP contribution in [-0.4, -0.2) is 33.2 Å². The number of nitrogens with one attached hydrogen (secondary N) is 2. The van der Waals surface area contributed by atoms with Gasteiger partial charge in [0.2, 0.25) is 0 Å². The molecular weight excluding hydrogens is 476 g/mol. The molecule has 0 atom stereocenters. The van der Waals surface area contributed by atoms with Gasteiger partial charge in [-0.3, -0.25) is 5.10 Å². The fourth-order valence-electron chi connectivity index (χ4n) is 2.88. The Morgan fingerprint density at radius 1 is 1.24 bits per heavy atom. The van der Waals surface area contributed by atoms with Crippen LogP contribution in [0.3, 0.4) is 0 Å². The van der Waals surface area contributed by atoms with E-state index in [0.717, 1.165) is 0 Å². The van der Waals surface area contributed by atoms with Gasteiger partial charge in [-0.25, -0.2) is 19.2 Å². The Labute approximate surface area is 196 Å². The van der Waals surface area contributed by atoms with E-state index < -0.39 is 11.8 Å². The molecule has 1 aromatic carbocycles. The number of H-pyrrole nitrogens is 1. The second kappa shape index (κ2) is 9.88. The molecule has 4 aromatic rings. The first-order valence-corrected chi connectivity index (χ1v) is 10.3. The summed E-state index contributed by atoms with van der Waals surface area (Å²) in [5.41, 5.74) is 0.356. The molecule has 33 heavy (non-hydrogen) atoms. The largest absolute Gasteiger partial charge is 0.492 e. The molecule has 4 rings (SSSR count). The van der Waals surface area contributed by atoms with Gasteiger partial charge in [0, 0.05) is 6.20 Å². The van der Waals surface area contributed by atoms with Gasteiger partial charge in [-0.15, -0.1) is 0 Å². The number of rotatable bonds is 8. The van der Waals surface area contributed by atoms with Gasteiger partial charge < -0.3 is 19.2 Å². The minimum absolute atomic E-state index is 0.0455. The fraction of sp³-hybridized carbons (Fsp3) is 0.143. The van der Waals surface area contributed by atoms with Crippen molar-refractivity contribution in [2.45, 2.75) is 13.2 Å². The van der Waals surface area contributed by atoms with Crippen LogP contribution < -0.4 is 10.1 Å². The maximum absolute atomic E-state index is 15.0. The number of aromatic amines is 1. The minimum atomic E-state index is -0.843. The highest BCUT2D eigenvalue weighted by Gasteiger charge is 2.24. The molecule has 0 bridgehead atoms. The first kappa shape index (κ1) is 22.6. The summed E-state index contributed by atoms with van der Waals surface area (Å²) in [7, 11) is 1.28. The average Bonchev–Trinajstić information content (AvgIpc) is 3.52.